The quantitative estimate of drug-likeness (QED) is 0.848. The van der Waals surface area contributed by atoms with Crippen molar-refractivity contribution in [3.8, 4) is 0 Å². The van der Waals surface area contributed by atoms with Crippen molar-refractivity contribution >= 4 is 21.6 Å². The van der Waals surface area contributed by atoms with E-state index < -0.39 is 10.0 Å². The van der Waals surface area contributed by atoms with Gasteiger partial charge in [-0.1, -0.05) is 18.9 Å². The number of nitrogens with two attached hydrogens (primary N) is 1. The fourth-order valence-electron chi connectivity index (χ4n) is 3.09. The van der Waals surface area contributed by atoms with Gasteiger partial charge in [0.1, 0.15) is 0 Å². The number of carbonyl (C=O) groups is 1. The maximum absolute atomic E-state index is 12.3. The average Bonchev–Trinajstić information content (AvgIpc) is 2.51. The summed E-state index contributed by atoms with van der Waals surface area (Å²) in [5.41, 5.74) is 7.24. The number of carbonyl (C=O) groups excluding carboxylic acids is 1. The van der Waals surface area contributed by atoms with Crippen LogP contribution >= 0.6 is 0 Å². The smallest absolute Gasteiger partial charge is 0.242 e. The van der Waals surface area contributed by atoms with E-state index in [0.29, 0.717) is 17.7 Å². The summed E-state index contributed by atoms with van der Waals surface area (Å²) in [4.78, 5) is 12.5. The average molecular weight is 353 g/mol. The standard InChI is InChI=1S/C17H27N3O3S/c1-12-8-9-14(11-16(12)24(22,23)20(2)3)19-17(21)10-13-6-4-5-7-15(13)18/h8-9,11,13,15H,4-7,10,18H2,1-3H3,(H,19,21). The molecular weight excluding hydrogens is 326 g/mol. The molecule has 6 nitrogen and oxygen atoms in total. The van der Waals surface area contributed by atoms with Gasteiger partial charge in [0, 0.05) is 32.2 Å². The van der Waals surface area contributed by atoms with Crippen molar-refractivity contribution < 1.29 is 13.2 Å². The highest BCUT2D eigenvalue weighted by Crippen LogP contribution is 2.27. The number of hydrogen-bond acceptors (Lipinski definition) is 4. The molecule has 0 bridgehead atoms. The van der Waals surface area contributed by atoms with Gasteiger partial charge in [0.05, 0.1) is 4.90 Å². The van der Waals surface area contributed by atoms with Crippen molar-refractivity contribution in [3.63, 3.8) is 0 Å². The number of hydrogen-bond donors (Lipinski definition) is 2. The second-order valence-corrected chi connectivity index (χ2v) is 8.85. The van der Waals surface area contributed by atoms with Gasteiger partial charge in [0.25, 0.3) is 0 Å². The van der Waals surface area contributed by atoms with E-state index in [1.807, 2.05) is 0 Å². The van der Waals surface area contributed by atoms with Gasteiger partial charge in [0.2, 0.25) is 15.9 Å². The molecule has 0 radical (unpaired) electrons. The Hall–Kier alpha value is -1.44. The summed E-state index contributed by atoms with van der Waals surface area (Å²) in [5, 5.41) is 2.81. The summed E-state index contributed by atoms with van der Waals surface area (Å²) in [6.45, 7) is 1.74. The third-order valence-electron chi connectivity index (χ3n) is 4.65. The van der Waals surface area contributed by atoms with E-state index in [4.69, 9.17) is 5.73 Å². The van der Waals surface area contributed by atoms with Crippen molar-refractivity contribution in [1.29, 1.82) is 0 Å². The number of sulfonamides is 1. The summed E-state index contributed by atoms with van der Waals surface area (Å²) in [5.74, 6) is 0.0866. The topological polar surface area (TPSA) is 92.5 Å². The van der Waals surface area contributed by atoms with E-state index >= 15 is 0 Å². The van der Waals surface area contributed by atoms with Crippen molar-refractivity contribution in [1.82, 2.24) is 4.31 Å². The highest BCUT2D eigenvalue weighted by atomic mass is 32.2. The maximum atomic E-state index is 12.3. The molecular formula is C17H27N3O3S. The van der Waals surface area contributed by atoms with Crippen LogP contribution in [-0.4, -0.2) is 38.8 Å². The minimum absolute atomic E-state index is 0.0761. The van der Waals surface area contributed by atoms with Crippen LogP contribution < -0.4 is 11.1 Å². The van der Waals surface area contributed by atoms with Crippen molar-refractivity contribution in [2.45, 2.75) is 50.0 Å². The van der Waals surface area contributed by atoms with E-state index in [1.54, 1.807) is 19.1 Å². The summed E-state index contributed by atoms with van der Waals surface area (Å²) >= 11 is 0. The number of anilines is 1. The van der Waals surface area contributed by atoms with Crippen LogP contribution in [0.15, 0.2) is 23.1 Å². The lowest BCUT2D eigenvalue weighted by Gasteiger charge is -2.28. The van der Waals surface area contributed by atoms with Crippen LogP contribution in [0.3, 0.4) is 0 Å². The number of nitrogens with one attached hydrogen (secondary N) is 1. The van der Waals surface area contributed by atoms with Gasteiger partial charge < -0.3 is 11.1 Å². The molecule has 1 saturated carbocycles. The Labute approximate surface area is 144 Å². The zero-order chi connectivity index (χ0) is 17.9. The summed E-state index contributed by atoms with van der Waals surface area (Å²) in [6, 6.07) is 5.02. The van der Waals surface area contributed by atoms with Gasteiger partial charge in [-0.25, -0.2) is 12.7 Å². The molecule has 2 rings (SSSR count). The molecule has 134 valence electrons. The van der Waals surface area contributed by atoms with Crippen LogP contribution in [0.5, 0.6) is 0 Å². The second-order valence-electron chi connectivity index (χ2n) is 6.73. The van der Waals surface area contributed by atoms with Crippen molar-refractivity contribution in [3.05, 3.63) is 23.8 Å². The minimum Gasteiger partial charge on any atom is -0.327 e. The first kappa shape index (κ1) is 18.9. The fraction of sp³-hybridized carbons (Fsp3) is 0.588. The van der Waals surface area contributed by atoms with E-state index in [9.17, 15) is 13.2 Å². The van der Waals surface area contributed by atoms with Gasteiger partial charge in [-0.05, 0) is 43.4 Å². The van der Waals surface area contributed by atoms with E-state index in [1.165, 1.54) is 24.5 Å². The molecule has 7 heteroatoms. The Balaban J connectivity index is 2.11. The minimum atomic E-state index is -3.54. The molecule has 0 aromatic heterocycles. The second kappa shape index (κ2) is 7.63. The van der Waals surface area contributed by atoms with Gasteiger partial charge in [0.15, 0.2) is 0 Å². The van der Waals surface area contributed by atoms with Crippen LogP contribution in [0.25, 0.3) is 0 Å². The lowest BCUT2D eigenvalue weighted by Crippen LogP contribution is -2.35. The summed E-state index contributed by atoms with van der Waals surface area (Å²) in [6.07, 6.45) is 4.56. The molecule has 0 aliphatic heterocycles. The number of aryl methyl sites for hydroxylation is 1. The molecule has 0 saturated heterocycles. The Morgan fingerprint density at radius 3 is 2.58 bits per heavy atom. The molecule has 3 N–H and O–H groups in total. The summed E-state index contributed by atoms with van der Waals surface area (Å²) < 4.78 is 25.9. The number of nitrogens with zero attached hydrogens (tertiary/aromatic N) is 1. The molecule has 1 aromatic carbocycles. The lowest BCUT2D eigenvalue weighted by molar-refractivity contribution is -0.117. The molecule has 1 aromatic rings. The number of amides is 1. The Morgan fingerprint density at radius 1 is 1.29 bits per heavy atom. The van der Waals surface area contributed by atoms with Gasteiger partial charge in [-0.2, -0.15) is 0 Å². The van der Waals surface area contributed by atoms with Crippen molar-refractivity contribution in [2.75, 3.05) is 19.4 Å². The SMILES string of the molecule is Cc1ccc(NC(=O)CC2CCCCC2N)cc1S(=O)(=O)N(C)C. The molecule has 1 aliphatic carbocycles. The molecule has 24 heavy (non-hydrogen) atoms. The zero-order valence-electron chi connectivity index (χ0n) is 14.6. The van der Waals surface area contributed by atoms with Crippen LogP contribution in [-0.2, 0) is 14.8 Å². The first-order chi connectivity index (χ1) is 11.2. The number of rotatable bonds is 5. The van der Waals surface area contributed by atoms with E-state index in [-0.39, 0.29) is 22.8 Å². The number of benzene rings is 1. The van der Waals surface area contributed by atoms with E-state index in [2.05, 4.69) is 5.32 Å². The van der Waals surface area contributed by atoms with E-state index in [0.717, 1.165) is 25.7 Å². The zero-order valence-corrected chi connectivity index (χ0v) is 15.4. The molecule has 2 unspecified atom stereocenters. The first-order valence-corrected chi connectivity index (χ1v) is 9.74. The largest absolute Gasteiger partial charge is 0.327 e. The predicted octanol–water partition coefficient (Wildman–Crippen LogP) is 2.09. The van der Waals surface area contributed by atoms with Crippen LogP contribution in [0.4, 0.5) is 5.69 Å². The third kappa shape index (κ3) is 4.34. The van der Waals surface area contributed by atoms with Gasteiger partial charge in [-0.3, -0.25) is 4.79 Å². The normalized spacial score (nSPS) is 21.7. The van der Waals surface area contributed by atoms with Crippen LogP contribution in [0, 0.1) is 12.8 Å². The lowest BCUT2D eigenvalue weighted by atomic mass is 9.83. The molecule has 0 heterocycles. The summed E-state index contributed by atoms with van der Waals surface area (Å²) in [7, 11) is -0.559. The Morgan fingerprint density at radius 2 is 1.96 bits per heavy atom. The Kier molecular flexibility index (Phi) is 6.01. The highest BCUT2D eigenvalue weighted by Gasteiger charge is 2.25. The van der Waals surface area contributed by atoms with Crippen LogP contribution in [0.1, 0.15) is 37.7 Å². The Bertz CT molecular complexity index is 701. The maximum Gasteiger partial charge on any atom is 0.242 e. The monoisotopic (exact) mass is 353 g/mol. The predicted molar refractivity (Wildman–Crippen MR) is 95.2 cm³/mol. The van der Waals surface area contributed by atoms with Crippen LogP contribution in [0.2, 0.25) is 0 Å². The highest BCUT2D eigenvalue weighted by molar-refractivity contribution is 7.89. The van der Waals surface area contributed by atoms with Crippen molar-refractivity contribution in [2.24, 2.45) is 11.7 Å². The third-order valence-corrected chi connectivity index (χ3v) is 6.60. The molecule has 0 spiro atoms. The van der Waals surface area contributed by atoms with Gasteiger partial charge >= 0.3 is 0 Å². The van der Waals surface area contributed by atoms with Gasteiger partial charge in [-0.15, -0.1) is 0 Å². The fourth-order valence-corrected chi connectivity index (χ4v) is 4.24. The first-order valence-electron chi connectivity index (χ1n) is 8.30. The molecule has 1 aliphatic rings. The molecule has 1 amide bonds. The molecule has 1 fully saturated rings. The molecule has 2 atom stereocenters.